The molecule has 1 N–H and O–H groups in total. The lowest BCUT2D eigenvalue weighted by Gasteiger charge is -2.14. The SMILES string of the molecule is O=C(O)c1ccc([O-])c2cc(C(F)(F)F)ccc12. The number of carbonyl (C=O) groups is 1. The minimum atomic E-state index is -4.57. The van der Waals surface area contributed by atoms with Crippen molar-refractivity contribution in [2.45, 2.75) is 6.18 Å². The molecule has 0 radical (unpaired) electrons. The second-order valence-corrected chi connectivity index (χ2v) is 3.67. The zero-order chi connectivity index (χ0) is 13.5. The van der Waals surface area contributed by atoms with Gasteiger partial charge >= 0.3 is 12.1 Å². The first-order valence-corrected chi connectivity index (χ1v) is 4.85. The van der Waals surface area contributed by atoms with Gasteiger partial charge in [-0.15, -0.1) is 5.75 Å². The first-order valence-electron chi connectivity index (χ1n) is 4.85. The van der Waals surface area contributed by atoms with E-state index in [4.69, 9.17) is 5.11 Å². The summed E-state index contributed by atoms with van der Waals surface area (Å²) in [6.07, 6.45) is -4.57. The van der Waals surface area contributed by atoms with Crippen molar-refractivity contribution in [2.24, 2.45) is 0 Å². The minimum Gasteiger partial charge on any atom is -0.872 e. The summed E-state index contributed by atoms with van der Waals surface area (Å²) in [6.45, 7) is 0. The number of alkyl halides is 3. The molecule has 3 nitrogen and oxygen atoms in total. The van der Waals surface area contributed by atoms with Crippen LogP contribution in [0.4, 0.5) is 13.2 Å². The van der Waals surface area contributed by atoms with Gasteiger partial charge in [-0.25, -0.2) is 4.79 Å². The van der Waals surface area contributed by atoms with Gasteiger partial charge in [0.1, 0.15) is 0 Å². The minimum absolute atomic E-state index is 0.00278. The highest BCUT2D eigenvalue weighted by molar-refractivity contribution is 6.05. The lowest BCUT2D eigenvalue weighted by Crippen LogP contribution is -2.06. The van der Waals surface area contributed by atoms with E-state index < -0.39 is 23.5 Å². The zero-order valence-electron chi connectivity index (χ0n) is 8.78. The number of hydrogen-bond donors (Lipinski definition) is 1. The van der Waals surface area contributed by atoms with Gasteiger partial charge in [0, 0.05) is 0 Å². The molecular weight excluding hydrogens is 249 g/mol. The maximum atomic E-state index is 12.5. The monoisotopic (exact) mass is 255 g/mol. The van der Waals surface area contributed by atoms with Crippen LogP contribution in [0.3, 0.4) is 0 Å². The first kappa shape index (κ1) is 12.2. The standard InChI is InChI=1S/C12H7F3O3/c13-12(14,15)6-1-2-7-8(11(17)18)3-4-10(16)9(7)5-6/h1-5,16H,(H,17,18)/p-1. The summed E-state index contributed by atoms with van der Waals surface area (Å²) in [5, 5.41) is 20.1. The predicted molar refractivity (Wildman–Crippen MR) is 55.4 cm³/mol. The molecule has 0 heterocycles. The quantitative estimate of drug-likeness (QED) is 0.852. The Labute approximate surface area is 99.1 Å². The maximum Gasteiger partial charge on any atom is 0.416 e. The van der Waals surface area contributed by atoms with Crippen molar-refractivity contribution in [3.63, 3.8) is 0 Å². The van der Waals surface area contributed by atoms with Gasteiger partial charge in [-0.05, 0) is 29.0 Å². The van der Waals surface area contributed by atoms with Crippen LogP contribution in [0.1, 0.15) is 15.9 Å². The number of rotatable bonds is 1. The molecular formula is C12H6F3O3-. The molecule has 18 heavy (non-hydrogen) atoms. The second kappa shape index (κ2) is 3.90. The van der Waals surface area contributed by atoms with Crippen molar-refractivity contribution in [2.75, 3.05) is 0 Å². The molecule has 0 aliphatic heterocycles. The maximum absolute atomic E-state index is 12.5. The number of fused-ring (bicyclic) bond motifs is 1. The van der Waals surface area contributed by atoms with E-state index in [0.717, 1.165) is 24.3 Å². The number of aromatic carboxylic acids is 1. The molecule has 2 rings (SSSR count). The Morgan fingerprint density at radius 1 is 1.11 bits per heavy atom. The fraction of sp³-hybridized carbons (Fsp3) is 0.0833. The van der Waals surface area contributed by atoms with Crippen LogP contribution in [0.2, 0.25) is 0 Å². The Kier molecular flexibility index (Phi) is 2.65. The van der Waals surface area contributed by atoms with Crippen molar-refractivity contribution in [1.29, 1.82) is 0 Å². The van der Waals surface area contributed by atoms with Crippen molar-refractivity contribution < 1.29 is 28.2 Å². The number of carboxylic acid groups (broad SMARTS) is 1. The third-order valence-corrected chi connectivity index (χ3v) is 2.53. The molecule has 2 aromatic carbocycles. The van der Waals surface area contributed by atoms with E-state index in [1.165, 1.54) is 0 Å². The van der Waals surface area contributed by atoms with Crippen molar-refractivity contribution >= 4 is 16.7 Å². The highest BCUT2D eigenvalue weighted by Gasteiger charge is 2.30. The molecule has 0 unspecified atom stereocenters. The molecule has 0 amide bonds. The van der Waals surface area contributed by atoms with Gasteiger partial charge in [0.15, 0.2) is 0 Å². The number of halogens is 3. The Bertz CT molecular complexity index is 632. The third kappa shape index (κ3) is 1.97. The highest BCUT2D eigenvalue weighted by atomic mass is 19.4. The van der Waals surface area contributed by atoms with E-state index in [1.54, 1.807) is 0 Å². The zero-order valence-corrected chi connectivity index (χ0v) is 8.78. The van der Waals surface area contributed by atoms with Crippen LogP contribution < -0.4 is 5.11 Å². The van der Waals surface area contributed by atoms with Crippen LogP contribution in [0.5, 0.6) is 5.75 Å². The second-order valence-electron chi connectivity index (χ2n) is 3.67. The summed E-state index contributed by atoms with van der Waals surface area (Å²) in [5.74, 6) is -1.93. The smallest absolute Gasteiger partial charge is 0.416 e. The summed E-state index contributed by atoms with van der Waals surface area (Å²) in [4.78, 5) is 10.9. The summed E-state index contributed by atoms with van der Waals surface area (Å²) in [7, 11) is 0. The van der Waals surface area contributed by atoms with Gasteiger partial charge in [-0.2, -0.15) is 13.2 Å². The van der Waals surface area contributed by atoms with Crippen LogP contribution in [-0.2, 0) is 6.18 Å². The topological polar surface area (TPSA) is 60.4 Å². The Morgan fingerprint density at radius 3 is 2.33 bits per heavy atom. The molecule has 0 fully saturated rings. The number of carboxylic acids is 1. The molecule has 94 valence electrons. The molecule has 0 aliphatic rings. The average Bonchev–Trinajstić information content (AvgIpc) is 2.27. The van der Waals surface area contributed by atoms with E-state index >= 15 is 0 Å². The van der Waals surface area contributed by atoms with Gasteiger partial charge in [0.05, 0.1) is 11.1 Å². The van der Waals surface area contributed by atoms with E-state index in [1.807, 2.05) is 0 Å². The van der Waals surface area contributed by atoms with Gasteiger partial charge in [0.25, 0.3) is 0 Å². The molecule has 2 aromatic rings. The molecule has 0 aliphatic carbocycles. The number of hydrogen-bond acceptors (Lipinski definition) is 2. The first-order chi connectivity index (χ1) is 8.30. The van der Waals surface area contributed by atoms with Gasteiger partial charge in [-0.1, -0.05) is 12.1 Å². The lowest BCUT2D eigenvalue weighted by atomic mass is 10.0. The predicted octanol–water partition coefficient (Wildman–Crippen LogP) is 2.63. The van der Waals surface area contributed by atoms with Crippen LogP contribution in [0, 0.1) is 0 Å². The fourth-order valence-electron chi connectivity index (χ4n) is 1.68. The van der Waals surface area contributed by atoms with Crippen molar-refractivity contribution in [1.82, 2.24) is 0 Å². The van der Waals surface area contributed by atoms with Gasteiger partial charge in [0.2, 0.25) is 0 Å². The Morgan fingerprint density at radius 2 is 1.78 bits per heavy atom. The van der Waals surface area contributed by atoms with E-state index in [2.05, 4.69) is 0 Å². The van der Waals surface area contributed by atoms with Crippen molar-refractivity contribution in [3.05, 3.63) is 41.5 Å². The molecule has 0 bridgehead atoms. The number of benzene rings is 2. The van der Waals surface area contributed by atoms with Crippen LogP contribution in [-0.4, -0.2) is 11.1 Å². The highest BCUT2D eigenvalue weighted by Crippen LogP contribution is 2.34. The largest absolute Gasteiger partial charge is 0.872 e. The summed E-state index contributed by atoms with van der Waals surface area (Å²) in [6, 6.07) is 4.47. The van der Waals surface area contributed by atoms with E-state index in [9.17, 15) is 23.1 Å². The van der Waals surface area contributed by atoms with Crippen LogP contribution in [0.15, 0.2) is 30.3 Å². The molecule has 0 aromatic heterocycles. The molecule has 0 saturated heterocycles. The normalized spacial score (nSPS) is 11.7. The van der Waals surface area contributed by atoms with Gasteiger partial charge in [-0.3, -0.25) is 0 Å². The lowest BCUT2D eigenvalue weighted by molar-refractivity contribution is -0.265. The van der Waals surface area contributed by atoms with Crippen molar-refractivity contribution in [3.8, 4) is 5.75 Å². The molecule has 0 spiro atoms. The molecule has 0 atom stereocenters. The fourth-order valence-corrected chi connectivity index (χ4v) is 1.68. The van der Waals surface area contributed by atoms with E-state index in [-0.39, 0.29) is 16.3 Å². The summed E-state index contributed by atoms with van der Waals surface area (Å²) < 4.78 is 37.5. The van der Waals surface area contributed by atoms with Crippen LogP contribution >= 0.6 is 0 Å². The summed E-state index contributed by atoms with van der Waals surface area (Å²) in [5.41, 5.74) is -1.17. The van der Waals surface area contributed by atoms with Gasteiger partial charge < -0.3 is 10.2 Å². The molecule has 6 heteroatoms. The molecule has 0 saturated carbocycles. The average molecular weight is 255 g/mol. The summed E-state index contributed by atoms with van der Waals surface area (Å²) >= 11 is 0. The van der Waals surface area contributed by atoms with Crippen LogP contribution in [0.25, 0.3) is 10.8 Å². The Hall–Kier alpha value is -2.24. The van der Waals surface area contributed by atoms with E-state index in [0.29, 0.717) is 6.07 Å². The Balaban J connectivity index is 2.78. The third-order valence-electron chi connectivity index (χ3n) is 2.53.